The third kappa shape index (κ3) is 14.5. The van der Waals surface area contributed by atoms with Gasteiger partial charge in [-0.2, -0.15) is 0 Å². The van der Waals surface area contributed by atoms with Crippen LogP contribution in [-0.2, 0) is 4.57 Å². The summed E-state index contributed by atoms with van der Waals surface area (Å²) in [5.74, 6) is 0. The molecule has 0 rings (SSSR count). The predicted octanol–water partition coefficient (Wildman–Crippen LogP) is -2.88. The molecule has 0 saturated heterocycles. The summed E-state index contributed by atoms with van der Waals surface area (Å²) < 4.78 is 8.88. The van der Waals surface area contributed by atoms with Crippen molar-refractivity contribution < 1.29 is 34.6 Å². The molecule has 0 aliphatic heterocycles. The van der Waals surface area contributed by atoms with Crippen LogP contribution in [0.15, 0.2) is 0 Å². The van der Waals surface area contributed by atoms with E-state index in [9.17, 15) is 0 Å². The molecule has 0 spiro atoms. The number of rotatable bonds is 4. The molecule has 0 radical (unpaired) electrons. The molecule has 14 heavy (non-hydrogen) atoms. The molecule has 0 aromatic heterocycles. The third-order valence-electron chi connectivity index (χ3n) is 1.24. The molecule has 0 aliphatic carbocycles. The van der Waals surface area contributed by atoms with Crippen molar-refractivity contribution in [3.8, 4) is 0 Å². The molecular formula is C5H16NO7P. The Labute approximate surface area is 80.9 Å². The fourth-order valence-electron chi connectivity index (χ4n) is 0.431. The Morgan fingerprint density at radius 2 is 1.36 bits per heavy atom. The van der Waals surface area contributed by atoms with Gasteiger partial charge in [-0.25, -0.2) is 4.57 Å². The van der Waals surface area contributed by atoms with Crippen LogP contribution in [0.5, 0.6) is 0 Å². The molecule has 0 amide bonds. The van der Waals surface area contributed by atoms with Crippen molar-refractivity contribution in [1.29, 1.82) is 0 Å². The van der Waals surface area contributed by atoms with Crippen LogP contribution in [0.3, 0.4) is 0 Å². The van der Waals surface area contributed by atoms with Crippen molar-refractivity contribution in [3.63, 3.8) is 0 Å². The molecule has 0 saturated carbocycles. The molecule has 0 atom stereocenters. The average molecular weight is 233 g/mol. The SMILES string of the molecule is NC(CO)(CO)CCO.O=P(O)(O)O. The van der Waals surface area contributed by atoms with Crippen molar-refractivity contribution in [3.05, 3.63) is 0 Å². The van der Waals surface area contributed by atoms with Crippen LogP contribution in [0.25, 0.3) is 0 Å². The van der Waals surface area contributed by atoms with Crippen molar-refractivity contribution in [1.82, 2.24) is 0 Å². The fraction of sp³-hybridized carbons (Fsp3) is 1.00. The highest BCUT2D eigenvalue weighted by Crippen LogP contribution is 2.25. The minimum Gasteiger partial charge on any atom is -0.396 e. The number of hydrogen-bond donors (Lipinski definition) is 7. The van der Waals surface area contributed by atoms with Gasteiger partial charge in [0, 0.05) is 6.61 Å². The van der Waals surface area contributed by atoms with E-state index in [4.69, 9.17) is 40.3 Å². The maximum atomic E-state index is 8.88. The van der Waals surface area contributed by atoms with Gasteiger partial charge in [0.2, 0.25) is 0 Å². The lowest BCUT2D eigenvalue weighted by atomic mass is 10.00. The molecule has 8 nitrogen and oxygen atoms in total. The Kier molecular flexibility index (Phi) is 8.51. The highest BCUT2D eigenvalue weighted by atomic mass is 31.2. The molecule has 0 aromatic carbocycles. The first kappa shape index (κ1) is 16.4. The van der Waals surface area contributed by atoms with E-state index in [0.717, 1.165) is 0 Å². The van der Waals surface area contributed by atoms with Gasteiger partial charge in [0.15, 0.2) is 0 Å². The summed E-state index contributed by atoms with van der Waals surface area (Å²) in [5, 5.41) is 25.4. The summed E-state index contributed by atoms with van der Waals surface area (Å²) in [6, 6.07) is 0. The van der Waals surface area contributed by atoms with E-state index < -0.39 is 13.4 Å². The van der Waals surface area contributed by atoms with Crippen molar-refractivity contribution >= 4 is 7.82 Å². The maximum Gasteiger partial charge on any atom is 0.466 e. The molecule has 0 unspecified atom stereocenters. The van der Waals surface area contributed by atoms with Crippen molar-refractivity contribution in [2.24, 2.45) is 5.73 Å². The van der Waals surface area contributed by atoms with Gasteiger partial charge in [0.05, 0.1) is 18.8 Å². The van der Waals surface area contributed by atoms with Gasteiger partial charge in [-0.05, 0) is 6.42 Å². The molecular weight excluding hydrogens is 217 g/mol. The number of phosphoric acid groups is 1. The van der Waals surface area contributed by atoms with Crippen LogP contribution in [0.4, 0.5) is 0 Å². The lowest BCUT2D eigenvalue weighted by Crippen LogP contribution is -2.47. The van der Waals surface area contributed by atoms with Gasteiger partial charge >= 0.3 is 7.82 Å². The average Bonchev–Trinajstić information content (AvgIpc) is 2.02. The Hall–Kier alpha value is -0.0500. The van der Waals surface area contributed by atoms with E-state index in [1.807, 2.05) is 0 Å². The topological polar surface area (TPSA) is 164 Å². The third-order valence-corrected chi connectivity index (χ3v) is 1.24. The monoisotopic (exact) mass is 233 g/mol. The second-order valence-corrected chi connectivity index (χ2v) is 3.69. The molecule has 0 aromatic rings. The predicted molar refractivity (Wildman–Crippen MR) is 47.1 cm³/mol. The number of aliphatic hydroxyl groups excluding tert-OH is 3. The van der Waals surface area contributed by atoms with Crippen LogP contribution in [-0.4, -0.2) is 55.4 Å². The fourth-order valence-corrected chi connectivity index (χ4v) is 0.431. The van der Waals surface area contributed by atoms with E-state index >= 15 is 0 Å². The summed E-state index contributed by atoms with van der Waals surface area (Å²) >= 11 is 0. The maximum absolute atomic E-state index is 8.88. The zero-order valence-corrected chi connectivity index (χ0v) is 8.34. The molecule has 0 fully saturated rings. The van der Waals surface area contributed by atoms with Gasteiger partial charge in [-0.3, -0.25) is 0 Å². The van der Waals surface area contributed by atoms with Crippen LogP contribution in [0.1, 0.15) is 6.42 Å². The Bertz CT molecular complexity index is 169. The Morgan fingerprint density at radius 3 is 1.43 bits per heavy atom. The smallest absolute Gasteiger partial charge is 0.396 e. The lowest BCUT2D eigenvalue weighted by Gasteiger charge is -2.22. The van der Waals surface area contributed by atoms with Gasteiger partial charge in [0.1, 0.15) is 0 Å². The zero-order chi connectivity index (χ0) is 11.8. The molecule has 0 heterocycles. The van der Waals surface area contributed by atoms with E-state index in [-0.39, 0.29) is 26.2 Å². The van der Waals surface area contributed by atoms with Gasteiger partial charge in [-0.1, -0.05) is 0 Å². The summed E-state index contributed by atoms with van der Waals surface area (Å²) in [6.45, 7) is -0.717. The van der Waals surface area contributed by atoms with E-state index in [2.05, 4.69) is 0 Å². The number of aliphatic hydroxyl groups is 3. The van der Waals surface area contributed by atoms with E-state index in [0.29, 0.717) is 0 Å². The van der Waals surface area contributed by atoms with Crippen LogP contribution in [0.2, 0.25) is 0 Å². The van der Waals surface area contributed by atoms with Gasteiger partial charge < -0.3 is 35.7 Å². The number of hydrogen-bond acceptors (Lipinski definition) is 5. The number of nitrogens with two attached hydrogens (primary N) is 1. The summed E-state index contributed by atoms with van der Waals surface area (Å²) in [7, 11) is -4.64. The standard InChI is InChI=1S/C5H13NO3.H3O4P/c6-5(3-8,4-9)1-2-7;1-5(2,3)4/h7-9H,1-4,6H2;(H3,1,2,3,4). The molecule has 0 bridgehead atoms. The minimum atomic E-state index is -4.64. The largest absolute Gasteiger partial charge is 0.466 e. The minimum absolute atomic E-state index is 0.113. The lowest BCUT2D eigenvalue weighted by molar-refractivity contribution is 0.0967. The summed E-state index contributed by atoms with van der Waals surface area (Å²) in [6.07, 6.45) is 0.222. The van der Waals surface area contributed by atoms with E-state index in [1.54, 1.807) is 0 Å². The zero-order valence-electron chi connectivity index (χ0n) is 7.44. The highest BCUT2D eigenvalue weighted by molar-refractivity contribution is 7.45. The first-order valence-corrected chi connectivity index (χ1v) is 5.15. The summed E-state index contributed by atoms with van der Waals surface area (Å²) in [5.41, 5.74) is 4.34. The molecule has 88 valence electrons. The first-order valence-electron chi connectivity index (χ1n) is 3.58. The normalized spacial score (nSPS) is 11.9. The quantitative estimate of drug-likeness (QED) is 0.254. The molecule has 0 aliphatic rings. The highest BCUT2D eigenvalue weighted by Gasteiger charge is 2.21. The van der Waals surface area contributed by atoms with Crippen molar-refractivity contribution in [2.45, 2.75) is 12.0 Å². The second-order valence-electron chi connectivity index (χ2n) is 2.67. The van der Waals surface area contributed by atoms with Crippen molar-refractivity contribution in [2.75, 3.05) is 19.8 Å². The Morgan fingerprint density at radius 1 is 1.07 bits per heavy atom. The Balaban J connectivity index is 0. The van der Waals surface area contributed by atoms with Crippen LogP contribution in [0, 0.1) is 0 Å². The second kappa shape index (κ2) is 7.27. The molecule has 8 N–H and O–H groups in total. The van der Waals surface area contributed by atoms with Gasteiger partial charge in [0.25, 0.3) is 0 Å². The molecule has 9 heteroatoms. The van der Waals surface area contributed by atoms with Crippen LogP contribution >= 0.6 is 7.82 Å². The summed E-state index contributed by atoms with van der Waals surface area (Å²) in [4.78, 5) is 21.6. The van der Waals surface area contributed by atoms with Crippen LogP contribution < -0.4 is 5.73 Å². The first-order chi connectivity index (χ1) is 6.18. The van der Waals surface area contributed by atoms with Gasteiger partial charge in [-0.15, -0.1) is 0 Å². The van der Waals surface area contributed by atoms with E-state index in [1.165, 1.54) is 0 Å².